The van der Waals surface area contributed by atoms with Crippen molar-refractivity contribution in [1.29, 1.82) is 0 Å². The predicted octanol–water partition coefficient (Wildman–Crippen LogP) is 2.41. The van der Waals surface area contributed by atoms with Crippen LogP contribution in [0.5, 0.6) is 0 Å². The van der Waals surface area contributed by atoms with Crippen LogP contribution in [0.1, 0.15) is 59.3 Å². The maximum absolute atomic E-state index is 11.4. The fourth-order valence-corrected chi connectivity index (χ4v) is 1.75. The van der Waals surface area contributed by atoms with Crippen molar-refractivity contribution in [3.8, 4) is 0 Å². The Balaban J connectivity index is 3.95. The Kier molecular flexibility index (Phi) is 9.49. The Labute approximate surface area is 104 Å². The van der Waals surface area contributed by atoms with Crippen LogP contribution in [-0.2, 0) is 14.3 Å². The molecule has 4 nitrogen and oxygen atoms in total. The zero-order chi connectivity index (χ0) is 13.1. The van der Waals surface area contributed by atoms with E-state index in [1.165, 1.54) is 19.8 Å². The van der Waals surface area contributed by atoms with E-state index in [9.17, 15) is 9.59 Å². The van der Waals surface area contributed by atoms with Gasteiger partial charge in [-0.1, -0.05) is 32.6 Å². The zero-order valence-corrected chi connectivity index (χ0v) is 11.3. The molecule has 0 aliphatic carbocycles. The molecule has 1 amide bonds. The minimum Gasteiger partial charge on any atom is -0.466 e. The molecule has 0 aliphatic rings. The lowest BCUT2D eigenvalue weighted by Crippen LogP contribution is -2.35. The monoisotopic (exact) mass is 243 g/mol. The molecule has 0 fully saturated rings. The van der Waals surface area contributed by atoms with Gasteiger partial charge in [-0.15, -0.1) is 0 Å². The quantitative estimate of drug-likeness (QED) is 0.500. The molecule has 0 heterocycles. The highest BCUT2D eigenvalue weighted by Gasteiger charge is 2.15. The minimum absolute atomic E-state index is 0.0802. The minimum atomic E-state index is -0.234. The summed E-state index contributed by atoms with van der Waals surface area (Å²) in [6, 6.07) is -0.0802. The number of hydrogen-bond acceptors (Lipinski definition) is 3. The molecule has 100 valence electrons. The summed E-state index contributed by atoms with van der Waals surface area (Å²) in [7, 11) is 0. The van der Waals surface area contributed by atoms with Crippen molar-refractivity contribution in [3.05, 3.63) is 0 Å². The summed E-state index contributed by atoms with van der Waals surface area (Å²) in [5.41, 5.74) is 0. The molecule has 0 radical (unpaired) electrons. The molecular formula is C13H25NO3. The maximum Gasteiger partial charge on any atom is 0.307 e. The smallest absolute Gasteiger partial charge is 0.307 e. The van der Waals surface area contributed by atoms with Crippen molar-refractivity contribution >= 4 is 11.9 Å². The van der Waals surface area contributed by atoms with E-state index in [-0.39, 0.29) is 24.3 Å². The van der Waals surface area contributed by atoms with Gasteiger partial charge < -0.3 is 10.1 Å². The third-order valence-electron chi connectivity index (χ3n) is 2.53. The van der Waals surface area contributed by atoms with Gasteiger partial charge in [-0.2, -0.15) is 0 Å². The highest BCUT2D eigenvalue weighted by molar-refractivity contribution is 5.75. The number of amides is 1. The highest BCUT2D eigenvalue weighted by Crippen LogP contribution is 2.09. The van der Waals surface area contributed by atoms with E-state index in [1.54, 1.807) is 6.92 Å². The van der Waals surface area contributed by atoms with Gasteiger partial charge in [-0.05, 0) is 13.3 Å². The SMILES string of the molecule is CCCCCC[C@@H](CC(=O)OCC)NC(C)=O. The Hall–Kier alpha value is -1.06. The Morgan fingerprint density at radius 1 is 1.18 bits per heavy atom. The summed E-state index contributed by atoms with van der Waals surface area (Å²) >= 11 is 0. The fourth-order valence-electron chi connectivity index (χ4n) is 1.75. The molecule has 0 aliphatic heterocycles. The van der Waals surface area contributed by atoms with Gasteiger partial charge in [0, 0.05) is 13.0 Å². The number of ether oxygens (including phenoxy) is 1. The van der Waals surface area contributed by atoms with Crippen LogP contribution in [0.25, 0.3) is 0 Å². The van der Waals surface area contributed by atoms with Crippen LogP contribution in [0.2, 0.25) is 0 Å². The first-order chi connectivity index (χ1) is 8.10. The van der Waals surface area contributed by atoms with Crippen LogP contribution in [0.3, 0.4) is 0 Å². The van der Waals surface area contributed by atoms with Crippen LogP contribution < -0.4 is 5.32 Å². The van der Waals surface area contributed by atoms with Crippen molar-refractivity contribution in [2.45, 2.75) is 65.3 Å². The lowest BCUT2D eigenvalue weighted by atomic mass is 10.0. The number of rotatable bonds is 9. The number of esters is 1. The molecule has 4 heteroatoms. The van der Waals surface area contributed by atoms with Crippen molar-refractivity contribution in [3.63, 3.8) is 0 Å². The molecule has 0 bridgehead atoms. The molecular weight excluding hydrogens is 218 g/mol. The molecule has 0 saturated carbocycles. The van der Waals surface area contributed by atoms with E-state index in [0.29, 0.717) is 6.61 Å². The number of carbonyl (C=O) groups excluding carboxylic acids is 2. The van der Waals surface area contributed by atoms with Crippen LogP contribution in [0.4, 0.5) is 0 Å². The van der Waals surface area contributed by atoms with E-state index >= 15 is 0 Å². The van der Waals surface area contributed by atoms with Gasteiger partial charge in [-0.3, -0.25) is 9.59 Å². The maximum atomic E-state index is 11.4. The number of unbranched alkanes of at least 4 members (excludes halogenated alkanes) is 3. The fraction of sp³-hybridized carbons (Fsp3) is 0.846. The van der Waals surface area contributed by atoms with Crippen molar-refractivity contribution in [2.24, 2.45) is 0 Å². The average Bonchev–Trinajstić information content (AvgIpc) is 2.23. The first-order valence-electron chi connectivity index (χ1n) is 6.52. The molecule has 0 saturated heterocycles. The summed E-state index contributed by atoms with van der Waals surface area (Å²) in [5.74, 6) is -0.323. The Morgan fingerprint density at radius 3 is 2.41 bits per heavy atom. The van der Waals surface area contributed by atoms with Crippen LogP contribution in [-0.4, -0.2) is 24.5 Å². The topological polar surface area (TPSA) is 55.4 Å². The van der Waals surface area contributed by atoms with Crippen LogP contribution in [0, 0.1) is 0 Å². The van der Waals surface area contributed by atoms with Gasteiger partial charge >= 0.3 is 5.97 Å². The Bertz CT molecular complexity index is 229. The van der Waals surface area contributed by atoms with Gasteiger partial charge in [0.2, 0.25) is 5.91 Å². The summed E-state index contributed by atoms with van der Waals surface area (Å²) in [5, 5.41) is 2.81. The molecule has 1 N–H and O–H groups in total. The van der Waals surface area contributed by atoms with Crippen LogP contribution in [0.15, 0.2) is 0 Å². The molecule has 0 aromatic rings. The summed E-state index contributed by atoms with van der Waals surface area (Å²) < 4.78 is 4.89. The Morgan fingerprint density at radius 2 is 1.88 bits per heavy atom. The summed E-state index contributed by atoms with van der Waals surface area (Å²) in [4.78, 5) is 22.4. The number of hydrogen-bond donors (Lipinski definition) is 1. The molecule has 0 aromatic heterocycles. The lowest BCUT2D eigenvalue weighted by Gasteiger charge is -2.16. The van der Waals surface area contributed by atoms with E-state index < -0.39 is 0 Å². The first kappa shape index (κ1) is 15.9. The molecule has 0 unspecified atom stereocenters. The van der Waals surface area contributed by atoms with E-state index in [4.69, 9.17) is 4.74 Å². The summed E-state index contributed by atoms with van der Waals surface area (Å²) in [6.45, 7) is 5.81. The normalized spacial score (nSPS) is 11.9. The number of nitrogens with one attached hydrogen (secondary N) is 1. The van der Waals surface area contributed by atoms with Gasteiger partial charge in [0.15, 0.2) is 0 Å². The van der Waals surface area contributed by atoms with Crippen molar-refractivity contribution < 1.29 is 14.3 Å². The average molecular weight is 243 g/mol. The molecule has 0 spiro atoms. The third-order valence-corrected chi connectivity index (χ3v) is 2.53. The molecule has 17 heavy (non-hydrogen) atoms. The van der Waals surface area contributed by atoms with Crippen molar-refractivity contribution in [2.75, 3.05) is 6.61 Å². The molecule has 0 aromatic carbocycles. The highest BCUT2D eigenvalue weighted by atomic mass is 16.5. The van der Waals surface area contributed by atoms with Crippen molar-refractivity contribution in [1.82, 2.24) is 5.32 Å². The van der Waals surface area contributed by atoms with Gasteiger partial charge in [-0.25, -0.2) is 0 Å². The first-order valence-corrected chi connectivity index (χ1v) is 6.52. The molecule has 0 rings (SSSR count). The largest absolute Gasteiger partial charge is 0.466 e. The third kappa shape index (κ3) is 9.85. The van der Waals surface area contributed by atoms with Gasteiger partial charge in [0.25, 0.3) is 0 Å². The van der Waals surface area contributed by atoms with E-state index in [1.807, 2.05) is 0 Å². The standard InChI is InChI=1S/C13H25NO3/c1-4-6-7-8-9-12(14-11(3)15)10-13(16)17-5-2/h12H,4-10H2,1-3H3,(H,14,15)/t12-/m0/s1. The number of carbonyl (C=O) groups is 2. The molecule has 1 atom stereocenters. The van der Waals surface area contributed by atoms with Gasteiger partial charge in [0.05, 0.1) is 13.0 Å². The van der Waals surface area contributed by atoms with E-state index in [0.717, 1.165) is 19.3 Å². The van der Waals surface area contributed by atoms with Crippen LogP contribution >= 0.6 is 0 Å². The second kappa shape index (κ2) is 10.1. The van der Waals surface area contributed by atoms with E-state index in [2.05, 4.69) is 12.2 Å². The second-order valence-corrected chi connectivity index (χ2v) is 4.26. The second-order valence-electron chi connectivity index (χ2n) is 4.26. The van der Waals surface area contributed by atoms with Gasteiger partial charge in [0.1, 0.15) is 0 Å². The summed E-state index contributed by atoms with van der Waals surface area (Å²) in [6.07, 6.45) is 5.69. The lowest BCUT2D eigenvalue weighted by molar-refractivity contribution is -0.143. The zero-order valence-electron chi connectivity index (χ0n) is 11.3. The predicted molar refractivity (Wildman–Crippen MR) is 67.6 cm³/mol.